The Labute approximate surface area is 42.8 Å². The van der Waals surface area contributed by atoms with Gasteiger partial charge in [0.05, 0.1) is 0 Å². The standard InChI is InChI=1S/C6H5N/c7-6-4-2-1-3-5-6/h2-5,7H. The molecule has 0 saturated carbocycles. The van der Waals surface area contributed by atoms with Crippen LogP contribution in [0.1, 0.15) is 0 Å². The molecule has 0 radical (unpaired) electrons. The van der Waals surface area contributed by atoms with Crippen molar-refractivity contribution in [3.63, 3.8) is 0 Å². The van der Waals surface area contributed by atoms with Crippen molar-refractivity contribution in [3.05, 3.63) is 41.8 Å². The zero-order valence-corrected chi connectivity index (χ0v) is 3.81. The molecule has 0 unspecified atom stereocenters. The van der Waals surface area contributed by atoms with Crippen LogP contribution in [0, 0.1) is 6.42 Å². The first kappa shape index (κ1) is 4.10. The molecule has 0 fully saturated rings. The van der Waals surface area contributed by atoms with Gasteiger partial charge >= 0.3 is 0 Å². The molecule has 0 amide bonds. The van der Waals surface area contributed by atoms with Crippen molar-refractivity contribution >= 4 is 0 Å². The zero-order valence-electron chi connectivity index (χ0n) is 3.81. The predicted octanol–water partition coefficient (Wildman–Crippen LogP) is 1.85. The maximum atomic E-state index is 6.98. The van der Waals surface area contributed by atoms with Crippen LogP contribution in [0.3, 0.4) is 0 Å². The van der Waals surface area contributed by atoms with E-state index in [2.05, 4.69) is 5.73 Å². The van der Waals surface area contributed by atoms with E-state index in [1.54, 1.807) is 24.6 Å². The van der Waals surface area contributed by atoms with Crippen LogP contribution in [0.5, 0.6) is 0 Å². The minimum Gasteiger partial charge on any atom is -0.675 e. The van der Waals surface area contributed by atoms with Crippen LogP contribution in [0.25, 0.3) is 5.73 Å². The number of hydrogen-bond acceptors (Lipinski definition) is 0. The Bertz CT molecular complexity index is 148. The van der Waals surface area contributed by atoms with E-state index in [0.29, 0.717) is 5.70 Å². The fraction of sp³-hybridized carbons (Fsp3) is 0. The van der Waals surface area contributed by atoms with Crippen molar-refractivity contribution in [2.45, 2.75) is 0 Å². The summed E-state index contributed by atoms with van der Waals surface area (Å²) in [7, 11) is 0. The number of rotatable bonds is 0. The van der Waals surface area contributed by atoms with Gasteiger partial charge in [-0.15, -0.1) is 0 Å². The van der Waals surface area contributed by atoms with Gasteiger partial charge in [0, 0.05) is 18.2 Å². The summed E-state index contributed by atoms with van der Waals surface area (Å²) in [5.41, 5.74) is 10.3. The van der Waals surface area contributed by atoms with Crippen LogP contribution in [-0.4, -0.2) is 0 Å². The number of hydrogen-bond donors (Lipinski definition) is 0. The predicted molar refractivity (Wildman–Crippen MR) is 29.4 cm³/mol. The Morgan fingerprint density at radius 2 is 2.57 bits per heavy atom. The Hall–Kier alpha value is -1.07. The molecular weight excluding hydrogens is 86.1 g/mol. The average molecular weight is 91.1 g/mol. The smallest absolute Gasteiger partial charge is 0.101 e. The Kier molecular flexibility index (Phi) is 0.928. The van der Waals surface area contributed by atoms with E-state index in [9.17, 15) is 0 Å². The molecule has 1 aliphatic rings. The molecule has 1 heteroatoms. The van der Waals surface area contributed by atoms with Crippen LogP contribution in [0.4, 0.5) is 0 Å². The van der Waals surface area contributed by atoms with Crippen molar-refractivity contribution in [2.24, 2.45) is 0 Å². The molecule has 0 aromatic carbocycles. The summed E-state index contributed by atoms with van der Waals surface area (Å²) in [6, 6.07) is 0. The van der Waals surface area contributed by atoms with Gasteiger partial charge in [-0.05, 0) is 5.70 Å². The maximum absolute atomic E-state index is 6.98. The lowest BCUT2D eigenvalue weighted by Gasteiger charge is -1.94. The first-order chi connectivity index (χ1) is 3.39. The fourth-order valence-corrected chi connectivity index (χ4v) is 0.387. The normalized spacial score (nSPS) is 15.7. The lowest BCUT2D eigenvalue weighted by molar-refractivity contribution is 1.56. The van der Waals surface area contributed by atoms with Gasteiger partial charge in [0.25, 0.3) is 0 Å². The van der Waals surface area contributed by atoms with Gasteiger partial charge in [0.15, 0.2) is 0 Å². The third kappa shape index (κ3) is 0.881. The summed E-state index contributed by atoms with van der Waals surface area (Å²) in [4.78, 5) is 0. The van der Waals surface area contributed by atoms with Crippen molar-refractivity contribution < 1.29 is 0 Å². The highest BCUT2D eigenvalue weighted by Crippen LogP contribution is 2.02. The monoisotopic (exact) mass is 91.0 g/mol. The second-order valence-electron chi connectivity index (χ2n) is 1.29. The van der Waals surface area contributed by atoms with Crippen molar-refractivity contribution in [2.75, 3.05) is 0 Å². The first-order valence-electron chi connectivity index (χ1n) is 2.07. The summed E-state index contributed by atoms with van der Waals surface area (Å²) in [5, 5.41) is 0. The Morgan fingerprint density at radius 3 is 2.86 bits per heavy atom. The topological polar surface area (TPSA) is 23.8 Å². The van der Waals surface area contributed by atoms with Crippen LogP contribution in [-0.2, 0) is 0 Å². The minimum absolute atomic E-state index is 0.541. The van der Waals surface area contributed by atoms with Gasteiger partial charge < -0.3 is 5.73 Å². The molecule has 34 valence electrons. The van der Waals surface area contributed by atoms with Gasteiger partial charge in [0.1, 0.15) is 12.2 Å². The molecular formula is C6H5N. The summed E-state index contributed by atoms with van der Waals surface area (Å²) >= 11 is 0. The molecule has 0 spiro atoms. The van der Waals surface area contributed by atoms with E-state index in [0.717, 1.165) is 0 Å². The molecule has 1 N–H and O–H groups in total. The van der Waals surface area contributed by atoms with Crippen LogP contribution < -0.4 is 0 Å². The van der Waals surface area contributed by atoms with Crippen LogP contribution in [0.2, 0.25) is 0 Å². The van der Waals surface area contributed by atoms with Gasteiger partial charge in [-0.3, -0.25) is 0 Å². The lowest BCUT2D eigenvalue weighted by Crippen LogP contribution is -1.72. The SMILES string of the molecule is [NH-]C1=CC=C=C[CH+]1. The summed E-state index contributed by atoms with van der Waals surface area (Å²) in [5.74, 6) is 0. The van der Waals surface area contributed by atoms with E-state index in [1.807, 2.05) is 0 Å². The Balaban J connectivity index is 2.77. The first-order valence-corrected chi connectivity index (χ1v) is 2.07. The highest BCUT2D eigenvalue weighted by molar-refractivity contribution is 5.32. The van der Waals surface area contributed by atoms with Gasteiger partial charge in [0.2, 0.25) is 0 Å². The van der Waals surface area contributed by atoms with Crippen LogP contribution in [0.15, 0.2) is 29.7 Å². The number of nitrogens with one attached hydrogen (secondary N) is 1. The Morgan fingerprint density at radius 1 is 1.71 bits per heavy atom. The van der Waals surface area contributed by atoms with Crippen molar-refractivity contribution in [1.82, 2.24) is 0 Å². The second-order valence-corrected chi connectivity index (χ2v) is 1.29. The third-order valence-electron chi connectivity index (χ3n) is 0.718. The van der Waals surface area contributed by atoms with Gasteiger partial charge in [-0.1, -0.05) is 0 Å². The molecule has 7 heavy (non-hydrogen) atoms. The quantitative estimate of drug-likeness (QED) is 0.321. The minimum atomic E-state index is 0.541. The fourth-order valence-electron chi connectivity index (χ4n) is 0.387. The van der Waals surface area contributed by atoms with E-state index in [4.69, 9.17) is 5.73 Å². The van der Waals surface area contributed by atoms with Crippen LogP contribution >= 0.6 is 0 Å². The van der Waals surface area contributed by atoms with E-state index >= 15 is 0 Å². The van der Waals surface area contributed by atoms with Crippen molar-refractivity contribution in [1.29, 1.82) is 0 Å². The zero-order chi connectivity index (χ0) is 5.11. The molecule has 1 aliphatic carbocycles. The molecule has 1 rings (SSSR count). The van der Waals surface area contributed by atoms with Gasteiger partial charge in [-0.2, -0.15) is 0 Å². The molecule has 1 nitrogen and oxygen atoms in total. The van der Waals surface area contributed by atoms with E-state index in [-0.39, 0.29) is 0 Å². The van der Waals surface area contributed by atoms with Gasteiger partial charge in [-0.25, -0.2) is 0 Å². The summed E-state index contributed by atoms with van der Waals surface area (Å²) < 4.78 is 0. The highest BCUT2D eigenvalue weighted by atomic mass is 14.6. The molecule has 0 atom stereocenters. The third-order valence-corrected chi connectivity index (χ3v) is 0.718. The molecule has 0 aromatic rings. The lowest BCUT2D eigenvalue weighted by atomic mass is 10.2. The number of allylic oxidation sites excluding steroid dienone is 2. The second kappa shape index (κ2) is 1.59. The molecule has 0 aliphatic heterocycles. The van der Waals surface area contributed by atoms with E-state index in [1.165, 1.54) is 0 Å². The summed E-state index contributed by atoms with van der Waals surface area (Å²) in [6.45, 7) is 0. The summed E-state index contributed by atoms with van der Waals surface area (Å²) in [6.07, 6.45) is 6.84. The molecule has 0 heterocycles. The average Bonchev–Trinajstić information content (AvgIpc) is 1.69. The highest BCUT2D eigenvalue weighted by Gasteiger charge is 1.86. The maximum Gasteiger partial charge on any atom is 0.101 e. The largest absolute Gasteiger partial charge is 0.675 e. The molecule has 0 aromatic heterocycles. The molecule has 0 saturated heterocycles. The molecule has 0 bridgehead atoms. The van der Waals surface area contributed by atoms with Crippen molar-refractivity contribution in [3.8, 4) is 0 Å². The van der Waals surface area contributed by atoms with E-state index < -0.39 is 0 Å².